The maximum absolute atomic E-state index is 13.5. The molecule has 1 N–H and O–H groups in total. The van der Waals surface area contributed by atoms with Gasteiger partial charge in [-0.05, 0) is 62.1 Å². The van der Waals surface area contributed by atoms with E-state index in [0.29, 0.717) is 18.8 Å². The molecule has 0 atom stereocenters. The van der Waals surface area contributed by atoms with Gasteiger partial charge in [0.25, 0.3) is 0 Å². The van der Waals surface area contributed by atoms with Gasteiger partial charge in [0, 0.05) is 68.4 Å². The van der Waals surface area contributed by atoms with Crippen LogP contribution in [0.5, 0.6) is 0 Å². The molecule has 1 spiro atoms. The van der Waals surface area contributed by atoms with Gasteiger partial charge in [-0.1, -0.05) is 0 Å². The number of aromatic nitrogens is 3. The average Bonchev–Trinajstić information content (AvgIpc) is 3.25. The second-order valence-electron chi connectivity index (χ2n) is 9.91. The van der Waals surface area contributed by atoms with Crippen LogP contribution in [0.2, 0.25) is 0 Å². The first-order valence-corrected chi connectivity index (χ1v) is 11.9. The molecule has 8 heteroatoms. The van der Waals surface area contributed by atoms with E-state index < -0.39 is 6.17 Å². The molecule has 2 saturated heterocycles. The van der Waals surface area contributed by atoms with Crippen molar-refractivity contribution in [3.8, 4) is 0 Å². The average molecular weight is 448 g/mol. The number of nitrogens with one attached hydrogen (secondary N) is 1. The summed E-state index contributed by atoms with van der Waals surface area (Å²) < 4.78 is 13.5. The molecule has 1 aromatic carbocycles. The number of hydrogen-bond donors (Lipinski definition) is 1. The number of anilines is 4. The van der Waals surface area contributed by atoms with E-state index >= 15 is 0 Å². The van der Waals surface area contributed by atoms with E-state index in [0.717, 1.165) is 68.1 Å². The maximum atomic E-state index is 13.5. The SMILES string of the molecule is CN1CCN(c2ccc(Nc3ncc4ccnc(N5CCC6(CC(F)C6)C5)c4n3)cc2)CC1. The van der Waals surface area contributed by atoms with Crippen LogP contribution in [0.3, 0.4) is 0 Å². The van der Waals surface area contributed by atoms with E-state index in [9.17, 15) is 4.39 Å². The first kappa shape index (κ1) is 20.6. The van der Waals surface area contributed by atoms with Gasteiger partial charge in [-0.2, -0.15) is 0 Å². The number of hydrogen-bond acceptors (Lipinski definition) is 7. The van der Waals surface area contributed by atoms with Crippen molar-refractivity contribution < 1.29 is 4.39 Å². The van der Waals surface area contributed by atoms with Crippen molar-refractivity contribution in [2.75, 3.05) is 61.4 Å². The molecule has 3 fully saturated rings. The quantitative estimate of drug-likeness (QED) is 0.652. The Kier molecular flexibility index (Phi) is 5.05. The molecule has 2 aromatic heterocycles. The van der Waals surface area contributed by atoms with Gasteiger partial charge in [-0.25, -0.2) is 19.3 Å². The summed E-state index contributed by atoms with van der Waals surface area (Å²) in [6.45, 7) is 6.05. The highest BCUT2D eigenvalue weighted by atomic mass is 19.1. The van der Waals surface area contributed by atoms with Gasteiger partial charge in [0.1, 0.15) is 11.7 Å². The van der Waals surface area contributed by atoms with Gasteiger partial charge < -0.3 is 20.0 Å². The highest BCUT2D eigenvalue weighted by Gasteiger charge is 2.49. The number of rotatable bonds is 4. The number of halogens is 1. The Morgan fingerprint density at radius 2 is 1.76 bits per heavy atom. The van der Waals surface area contributed by atoms with Crippen molar-refractivity contribution in [3.05, 3.63) is 42.7 Å². The molecule has 3 aliphatic rings. The second kappa shape index (κ2) is 8.09. The molecule has 33 heavy (non-hydrogen) atoms. The minimum atomic E-state index is -0.633. The molecular formula is C25H30FN7. The molecule has 0 radical (unpaired) electrons. The number of benzene rings is 1. The summed E-state index contributed by atoms with van der Waals surface area (Å²) in [5, 5.41) is 4.32. The first-order chi connectivity index (χ1) is 16.1. The summed E-state index contributed by atoms with van der Waals surface area (Å²) in [5.74, 6) is 1.44. The second-order valence-corrected chi connectivity index (χ2v) is 9.91. The number of likely N-dealkylation sites (N-methyl/N-ethyl adjacent to an activating group) is 1. The molecule has 6 rings (SSSR count). The number of fused-ring (bicyclic) bond motifs is 1. The smallest absolute Gasteiger partial charge is 0.227 e. The van der Waals surface area contributed by atoms with Crippen LogP contribution in [0.1, 0.15) is 19.3 Å². The molecule has 4 heterocycles. The van der Waals surface area contributed by atoms with Crippen molar-refractivity contribution in [1.29, 1.82) is 0 Å². The Labute approximate surface area is 193 Å². The van der Waals surface area contributed by atoms with Crippen molar-refractivity contribution in [2.24, 2.45) is 5.41 Å². The number of nitrogens with zero attached hydrogens (tertiary/aromatic N) is 6. The third kappa shape index (κ3) is 3.97. The Morgan fingerprint density at radius 1 is 0.970 bits per heavy atom. The van der Waals surface area contributed by atoms with Gasteiger partial charge in [0.05, 0.1) is 0 Å². The molecule has 0 bridgehead atoms. The Balaban J connectivity index is 1.20. The molecule has 3 aromatic rings. The van der Waals surface area contributed by atoms with Gasteiger partial charge >= 0.3 is 0 Å². The molecule has 0 amide bonds. The molecule has 0 unspecified atom stereocenters. The van der Waals surface area contributed by atoms with E-state index in [4.69, 9.17) is 4.98 Å². The fraction of sp³-hybridized carbons (Fsp3) is 0.480. The molecular weight excluding hydrogens is 417 g/mol. The first-order valence-electron chi connectivity index (χ1n) is 11.9. The van der Waals surface area contributed by atoms with Crippen molar-refractivity contribution in [1.82, 2.24) is 19.9 Å². The topological polar surface area (TPSA) is 60.4 Å². The summed E-state index contributed by atoms with van der Waals surface area (Å²) in [4.78, 5) is 21.1. The van der Waals surface area contributed by atoms with Crippen LogP contribution < -0.4 is 15.1 Å². The molecule has 1 saturated carbocycles. The lowest BCUT2D eigenvalue weighted by molar-refractivity contribution is 0.0450. The minimum absolute atomic E-state index is 0.128. The lowest BCUT2D eigenvalue weighted by atomic mass is 9.67. The normalized spacial score (nSPS) is 25.6. The van der Waals surface area contributed by atoms with Crippen molar-refractivity contribution >= 4 is 34.0 Å². The lowest BCUT2D eigenvalue weighted by Gasteiger charge is -2.41. The molecule has 2 aliphatic heterocycles. The van der Waals surface area contributed by atoms with E-state index in [2.05, 4.69) is 61.3 Å². The van der Waals surface area contributed by atoms with Gasteiger partial charge in [-0.3, -0.25) is 0 Å². The zero-order valence-electron chi connectivity index (χ0n) is 19.0. The molecule has 7 nitrogen and oxygen atoms in total. The highest BCUT2D eigenvalue weighted by molar-refractivity contribution is 5.89. The minimum Gasteiger partial charge on any atom is -0.369 e. The maximum Gasteiger partial charge on any atom is 0.227 e. The predicted octanol–water partition coefficient (Wildman–Crippen LogP) is 3.85. The zero-order chi connectivity index (χ0) is 22.4. The van der Waals surface area contributed by atoms with E-state index in [1.54, 1.807) is 0 Å². The van der Waals surface area contributed by atoms with E-state index in [-0.39, 0.29) is 5.41 Å². The third-order valence-electron chi connectivity index (χ3n) is 7.52. The summed E-state index contributed by atoms with van der Waals surface area (Å²) >= 11 is 0. The van der Waals surface area contributed by atoms with E-state index in [1.165, 1.54) is 5.69 Å². The largest absolute Gasteiger partial charge is 0.369 e. The van der Waals surface area contributed by atoms with Crippen LogP contribution in [-0.4, -0.2) is 72.3 Å². The van der Waals surface area contributed by atoms with Crippen molar-refractivity contribution in [3.63, 3.8) is 0 Å². The fourth-order valence-electron chi connectivity index (χ4n) is 5.51. The molecule has 172 valence electrons. The van der Waals surface area contributed by atoms with E-state index in [1.807, 2.05) is 18.5 Å². The fourth-order valence-corrected chi connectivity index (χ4v) is 5.51. The zero-order valence-corrected chi connectivity index (χ0v) is 19.0. The van der Waals surface area contributed by atoms with Crippen molar-refractivity contribution in [2.45, 2.75) is 25.4 Å². The Morgan fingerprint density at radius 3 is 2.52 bits per heavy atom. The van der Waals surface area contributed by atoms with Gasteiger partial charge in [0.15, 0.2) is 5.82 Å². The van der Waals surface area contributed by atoms with Crippen LogP contribution in [-0.2, 0) is 0 Å². The van der Waals surface area contributed by atoms with Crippen LogP contribution in [0.15, 0.2) is 42.7 Å². The Bertz CT molecular complexity index is 1140. The lowest BCUT2D eigenvalue weighted by Crippen LogP contribution is -2.44. The summed E-state index contributed by atoms with van der Waals surface area (Å²) in [7, 11) is 2.17. The summed E-state index contributed by atoms with van der Waals surface area (Å²) in [6.07, 6.45) is 5.42. The number of alkyl halides is 1. The van der Waals surface area contributed by atoms with Crippen LogP contribution >= 0.6 is 0 Å². The van der Waals surface area contributed by atoms with Gasteiger partial charge in [0.2, 0.25) is 5.95 Å². The highest BCUT2D eigenvalue weighted by Crippen LogP contribution is 2.50. The van der Waals surface area contributed by atoms with Crippen LogP contribution in [0.4, 0.5) is 27.5 Å². The molecule has 1 aliphatic carbocycles. The van der Waals surface area contributed by atoms with Crippen LogP contribution in [0, 0.1) is 5.41 Å². The standard InChI is InChI=1S/C25H30FN7/c1-31-10-12-32(13-11-31)21-4-2-20(3-5-21)29-24-28-16-18-6-8-27-23(22(18)30-24)33-9-7-25(17-33)14-19(26)15-25/h2-6,8,16,19H,7,9-15,17H2,1H3,(H,28,29,30). The summed E-state index contributed by atoms with van der Waals surface area (Å²) in [5.41, 5.74) is 3.18. The number of piperazine rings is 1. The number of pyridine rings is 1. The Hall–Kier alpha value is -3.00. The van der Waals surface area contributed by atoms with Gasteiger partial charge in [-0.15, -0.1) is 0 Å². The summed E-state index contributed by atoms with van der Waals surface area (Å²) in [6, 6.07) is 10.4. The van der Waals surface area contributed by atoms with Crippen LogP contribution in [0.25, 0.3) is 10.9 Å². The predicted molar refractivity (Wildman–Crippen MR) is 130 cm³/mol. The monoisotopic (exact) mass is 447 g/mol. The third-order valence-corrected chi connectivity index (χ3v) is 7.52.